The number of rotatable bonds is 4. The van der Waals surface area contributed by atoms with Crippen molar-refractivity contribution in [1.29, 1.82) is 0 Å². The van der Waals surface area contributed by atoms with Gasteiger partial charge in [0.05, 0.1) is 6.10 Å². The summed E-state index contributed by atoms with van der Waals surface area (Å²) in [6.45, 7) is 1.61. The minimum Gasteiger partial charge on any atom is -0.389 e. The summed E-state index contributed by atoms with van der Waals surface area (Å²) in [6.07, 6.45) is 0.713. The molecule has 26 heavy (non-hydrogen) atoms. The largest absolute Gasteiger partial charge is 0.389 e. The topological polar surface area (TPSA) is 62.2 Å². The number of pyridine rings is 1. The van der Waals surface area contributed by atoms with Gasteiger partial charge in [-0.25, -0.2) is 8.78 Å². The van der Waals surface area contributed by atoms with E-state index in [1.807, 2.05) is 0 Å². The summed E-state index contributed by atoms with van der Waals surface area (Å²) in [7, 11) is 0. The van der Waals surface area contributed by atoms with Gasteiger partial charge in [-0.2, -0.15) is 0 Å². The number of aliphatic hydroxyl groups excluding tert-OH is 1. The first-order valence-electron chi connectivity index (χ1n) is 7.95. The third-order valence-corrected chi connectivity index (χ3v) is 3.82. The van der Waals surface area contributed by atoms with Crippen molar-refractivity contribution in [1.82, 2.24) is 4.98 Å². The fourth-order valence-corrected chi connectivity index (χ4v) is 2.54. The van der Waals surface area contributed by atoms with Crippen molar-refractivity contribution in [3.8, 4) is 11.3 Å². The van der Waals surface area contributed by atoms with Crippen molar-refractivity contribution in [2.75, 3.05) is 5.32 Å². The highest BCUT2D eigenvalue weighted by atomic mass is 19.1. The van der Waals surface area contributed by atoms with E-state index in [4.69, 9.17) is 0 Å². The normalized spacial score (nSPS) is 11.8. The number of nitrogens with one attached hydrogen (secondary N) is 1. The molecule has 3 aromatic rings. The lowest BCUT2D eigenvalue weighted by atomic mass is 10.1. The van der Waals surface area contributed by atoms with Gasteiger partial charge in [0.15, 0.2) is 0 Å². The Balaban J connectivity index is 1.91. The standard InChI is InChI=1S/C20H16F2N2O2/c1-12(25)13-4-2-5-17(11-13)24-20(26)15-8-14(9-16(21)10-15)19-18(22)6-3-7-23-19/h2-12,25H,1H3,(H,24,26). The Morgan fingerprint density at radius 2 is 1.92 bits per heavy atom. The fraction of sp³-hybridized carbons (Fsp3) is 0.100. The molecule has 0 bridgehead atoms. The number of aromatic nitrogens is 1. The third-order valence-electron chi connectivity index (χ3n) is 3.82. The molecular formula is C20H16F2N2O2. The number of carbonyl (C=O) groups excluding carboxylic acids is 1. The molecule has 1 aromatic heterocycles. The quantitative estimate of drug-likeness (QED) is 0.733. The summed E-state index contributed by atoms with van der Waals surface area (Å²) < 4.78 is 27.8. The van der Waals surface area contributed by atoms with E-state index in [0.29, 0.717) is 11.3 Å². The molecule has 0 saturated carbocycles. The Morgan fingerprint density at radius 1 is 1.12 bits per heavy atom. The second-order valence-corrected chi connectivity index (χ2v) is 5.82. The molecule has 0 radical (unpaired) electrons. The summed E-state index contributed by atoms with van der Waals surface area (Å²) in [5, 5.41) is 12.3. The van der Waals surface area contributed by atoms with Crippen LogP contribution in [0.25, 0.3) is 11.3 Å². The van der Waals surface area contributed by atoms with E-state index in [2.05, 4.69) is 10.3 Å². The molecule has 0 aliphatic heterocycles. The van der Waals surface area contributed by atoms with Crippen LogP contribution in [0.4, 0.5) is 14.5 Å². The van der Waals surface area contributed by atoms with E-state index >= 15 is 0 Å². The molecule has 0 aliphatic carbocycles. The zero-order valence-corrected chi connectivity index (χ0v) is 13.9. The number of halogens is 2. The predicted octanol–water partition coefficient (Wildman–Crippen LogP) is 4.33. The lowest BCUT2D eigenvalue weighted by Crippen LogP contribution is -2.12. The Hall–Kier alpha value is -3.12. The van der Waals surface area contributed by atoms with Gasteiger partial charge in [-0.1, -0.05) is 12.1 Å². The first-order valence-corrected chi connectivity index (χ1v) is 7.95. The molecule has 132 valence electrons. The van der Waals surface area contributed by atoms with Gasteiger partial charge in [-0.15, -0.1) is 0 Å². The first-order chi connectivity index (χ1) is 12.4. The maximum absolute atomic E-state index is 14.0. The van der Waals surface area contributed by atoms with Gasteiger partial charge in [0, 0.05) is 23.0 Å². The van der Waals surface area contributed by atoms with Gasteiger partial charge in [-0.3, -0.25) is 9.78 Å². The number of anilines is 1. The van der Waals surface area contributed by atoms with E-state index in [0.717, 1.165) is 12.1 Å². The van der Waals surface area contributed by atoms with E-state index in [1.165, 1.54) is 24.4 Å². The smallest absolute Gasteiger partial charge is 0.255 e. The lowest BCUT2D eigenvalue weighted by molar-refractivity contribution is 0.102. The van der Waals surface area contributed by atoms with Crippen LogP contribution in [-0.4, -0.2) is 16.0 Å². The molecule has 0 saturated heterocycles. The van der Waals surface area contributed by atoms with Crippen molar-refractivity contribution in [2.24, 2.45) is 0 Å². The average molecular weight is 354 g/mol. The molecule has 2 aromatic carbocycles. The second kappa shape index (κ2) is 7.41. The van der Waals surface area contributed by atoms with Crippen LogP contribution < -0.4 is 5.32 Å². The number of hydrogen-bond donors (Lipinski definition) is 2. The van der Waals surface area contributed by atoms with Crippen LogP contribution in [-0.2, 0) is 0 Å². The SMILES string of the molecule is CC(O)c1cccc(NC(=O)c2cc(F)cc(-c3ncccc3F)c2)c1. The highest BCUT2D eigenvalue weighted by molar-refractivity contribution is 6.05. The van der Waals surface area contributed by atoms with Gasteiger partial charge in [0.2, 0.25) is 0 Å². The maximum Gasteiger partial charge on any atom is 0.255 e. The van der Waals surface area contributed by atoms with E-state index < -0.39 is 23.6 Å². The van der Waals surface area contributed by atoms with Crippen molar-refractivity contribution >= 4 is 11.6 Å². The lowest BCUT2D eigenvalue weighted by Gasteiger charge is -2.10. The molecule has 1 heterocycles. The van der Waals surface area contributed by atoms with Gasteiger partial charge >= 0.3 is 0 Å². The minimum absolute atomic E-state index is 0.0304. The molecular weight excluding hydrogens is 338 g/mol. The zero-order valence-electron chi connectivity index (χ0n) is 13.9. The summed E-state index contributed by atoms with van der Waals surface area (Å²) in [5.74, 6) is -1.82. The van der Waals surface area contributed by atoms with Crippen molar-refractivity contribution in [2.45, 2.75) is 13.0 Å². The number of hydrogen-bond acceptors (Lipinski definition) is 3. The summed E-state index contributed by atoms with van der Waals surface area (Å²) in [5.41, 5.74) is 1.28. The minimum atomic E-state index is -0.681. The Bertz CT molecular complexity index is 958. The molecule has 0 fully saturated rings. The maximum atomic E-state index is 14.0. The van der Waals surface area contributed by atoms with E-state index in [9.17, 15) is 18.7 Å². The zero-order chi connectivity index (χ0) is 18.7. The Kier molecular flexibility index (Phi) is 5.04. The molecule has 1 amide bonds. The van der Waals surface area contributed by atoms with Crippen molar-refractivity contribution in [3.05, 3.63) is 83.6 Å². The van der Waals surface area contributed by atoms with E-state index in [-0.39, 0.29) is 16.8 Å². The summed E-state index contributed by atoms with van der Waals surface area (Å²) in [6, 6.07) is 12.9. The van der Waals surface area contributed by atoms with Gasteiger partial charge in [0.1, 0.15) is 17.3 Å². The van der Waals surface area contributed by atoms with Crippen LogP contribution in [0.5, 0.6) is 0 Å². The first kappa shape index (κ1) is 17.7. The molecule has 4 nitrogen and oxygen atoms in total. The molecule has 6 heteroatoms. The highest BCUT2D eigenvalue weighted by Crippen LogP contribution is 2.24. The Morgan fingerprint density at radius 3 is 2.65 bits per heavy atom. The monoisotopic (exact) mass is 354 g/mol. The van der Waals surface area contributed by atoms with Crippen LogP contribution in [0.3, 0.4) is 0 Å². The van der Waals surface area contributed by atoms with E-state index in [1.54, 1.807) is 31.2 Å². The fourth-order valence-electron chi connectivity index (χ4n) is 2.54. The van der Waals surface area contributed by atoms with Crippen LogP contribution in [0.15, 0.2) is 60.8 Å². The molecule has 3 rings (SSSR count). The molecule has 2 N–H and O–H groups in total. The number of amides is 1. The Labute approximate surface area is 149 Å². The number of aliphatic hydroxyl groups is 1. The molecule has 1 unspecified atom stereocenters. The van der Waals surface area contributed by atoms with Crippen LogP contribution in [0, 0.1) is 11.6 Å². The molecule has 0 spiro atoms. The second-order valence-electron chi connectivity index (χ2n) is 5.82. The van der Waals surface area contributed by atoms with Gasteiger partial charge < -0.3 is 10.4 Å². The van der Waals surface area contributed by atoms with Crippen LogP contribution in [0.1, 0.15) is 28.9 Å². The predicted molar refractivity (Wildman–Crippen MR) is 94.6 cm³/mol. The van der Waals surface area contributed by atoms with Gasteiger partial charge in [0.25, 0.3) is 5.91 Å². The third kappa shape index (κ3) is 3.92. The molecule has 1 atom stereocenters. The van der Waals surface area contributed by atoms with Gasteiger partial charge in [-0.05, 0) is 55.0 Å². The average Bonchev–Trinajstić information content (AvgIpc) is 2.61. The summed E-state index contributed by atoms with van der Waals surface area (Å²) in [4.78, 5) is 16.4. The molecule has 0 aliphatic rings. The number of carbonyl (C=O) groups is 1. The highest BCUT2D eigenvalue weighted by Gasteiger charge is 2.14. The number of benzene rings is 2. The summed E-state index contributed by atoms with van der Waals surface area (Å²) >= 11 is 0. The number of nitrogens with zero attached hydrogens (tertiary/aromatic N) is 1. The van der Waals surface area contributed by atoms with Crippen LogP contribution in [0.2, 0.25) is 0 Å². The van der Waals surface area contributed by atoms with Crippen molar-refractivity contribution in [3.63, 3.8) is 0 Å². The van der Waals surface area contributed by atoms with Crippen molar-refractivity contribution < 1.29 is 18.7 Å². The van der Waals surface area contributed by atoms with Crippen LogP contribution >= 0.6 is 0 Å².